The van der Waals surface area contributed by atoms with Crippen molar-refractivity contribution < 1.29 is 0 Å². The van der Waals surface area contributed by atoms with Gasteiger partial charge in [0.2, 0.25) is 0 Å². The summed E-state index contributed by atoms with van der Waals surface area (Å²) in [6, 6.07) is 10.3. The second kappa shape index (κ2) is 7.07. The topological polar surface area (TPSA) is 15.3 Å². The molecule has 1 aromatic carbocycles. The van der Waals surface area contributed by atoms with Gasteiger partial charge in [0, 0.05) is 25.3 Å². The molecule has 0 aromatic heterocycles. The van der Waals surface area contributed by atoms with Crippen LogP contribution in [0.25, 0.3) is 0 Å². The molecule has 0 spiro atoms. The van der Waals surface area contributed by atoms with Crippen LogP contribution in [-0.4, -0.2) is 31.1 Å². The maximum atomic E-state index is 3.95. The van der Waals surface area contributed by atoms with Crippen LogP contribution in [0.3, 0.4) is 0 Å². The normalized spacial score (nSPS) is 10.4. The van der Waals surface area contributed by atoms with E-state index in [1.54, 1.807) is 0 Å². The third kappa shape index (κ3) is 4.99. The number of hydrogen-bond donors (Lipinski definition) is 1. The SMILES string of the molecule is C=C(C)CN(CC)CCNc1ccccc1. The van der Waals surface area contributed by atoms with Gasteiger partial charge in [0.15, 0.2) is 0 Å². The Morgan fingerprint density at radius 1 is 1.31 bits per heavy atom. The zero-order chi connectivity index (χ0) is 11.8. The minimum absolute atomic E-state index is 0.977. The molecular weight excluding hydrogens is 196 g/mol. The quantitative estimate of drug-likeness (QED) is 0.708. The molecule has 88 valence electrons. The first-order valence-corrected chi connectivity index (χ1v) is 5.88. The lowest BCUT2D eigenvalue weighted by Crippen LogP contribution is -2.30. The van der Waals surface area contributed by atoms with E-state index < -0.39 is 0 Å². The number of para-hydroxylation sites is 1. The number of likely N-dealkylation sites (N-methyl/N-ethyl adjacent to an activating group) is 1. The second-order valence-corrected chi connectivity index (χ2v) is 4.12. The van der Waals surface area contributed by atoms with E-state index in [-0.39, 0.29) is 0 Å². The van der Waals surface area contributed by atoms with Gasteiger partial charge in [-0.25, -0.2) is 0 Å². The molecule has 1 aromatic rings. The zero-order valence-corrected chi connectivity index (χ0v) is 10.4. The third-order valence-corrected chi connectivity index (χ3v) is 2.47. The van der Waals surface area contributed by atoms with E-state index in [0.29, 0.717) is 0 Å². The Hall–Kier alpha value is -1.28. The van der Waals surface area contributed by atoms with Crippen LogP contribution in [0.5, 0.6) is 0 Å². The maximum Gasteiger partial charge on any atom is 0.0340 e. The summed E-state index contributed by atoms with van der Waals surface area (Å²) in [5, 5.41) is 3.41. The van der Waals surface area contributed by atoms with Crippen molar-refractivity contribution in [1.82, 2.24) is 4.90 Å². The van der Waals surface area contributed by atoms with Crippen molar-refractivity contribution in [2.45, 2.75) is 13.8 Å². The standard InChI is InChI=1S/C14H22N2/c1-4-16(12-13(2)3)11-10-15-14-8-6-5-7-9-14/h5-9,15H,2,4,10-12H2,1,3H3. The molecule has 0 aliphatic rings. The van der Waals surface area contributed by atoms with Gasteiger partial charge < -0.3 is 5.32 Å². The van der Waals surface area contributed by atoms with E-state index in [1.165, 1.54) is 11.3 Å². The molecule has 0 atom stereocenters. The van der Waals surface area contributed by atoms with E-state index in [1.807, 2.05) is 18.2 Å². The largest absolute Gasteiger partial charge is 0.384 e. The van der Waals surface area contributed by atoms with Crippen molar-refractivity contribution in [2.24, 2.45) is 0 Å². The molecule has 2 heteroatoms. The van der Waals surface area contributed by atoms with Crippen LogP contribution in [0.1, 0.15) is 13.8 Å². The highest BCUT2D eigenvalue weighted by molar-refractivity contribution is 5.42. The molecule has 0 fully saturated rings. The van der Waals surface area contributed by atoms with Crippen LogP contribution in [0.4, 0.5) is 5.69 Å². The van der Waals surface area contributed by atoms with Crippen molar-refractivity contribution in [3.05, 3.63) is 42.5 Å². The highest BCUT2D eigenvalue weighted by atomic mass is 15.1. The minimum atomic E-state index is 0.977. The molecule has 0 radical (unpaired) electrons. The van der Waals surface area contributed by atoms with E-state index in [9.17, 15) is 0 Å². The van der Waals surface area contributed by atoms with Crippen LogP contribution in [0.2, 0.25) is 0 Å². The monoisotopic (exact) mass is 218 g/mol. The van der Waals surface area contributed by atoms with Gasteiger partial charge in [-0.15, -0.1) is 0 Å². The van der Waals surface area contributed by atoms with Crippen LogP contribution in [0.15, 0.2) is 42.5 Å². The highest BCUT2D eigenvalue weighted by Crippen LogP contribution is 2.04. The van der Waals surface area contributed by atoms with Crippen molar-refractivity contribution >= 4 is 5.69 Å². The first-order valence-electron chi connectivity index (χ1n) is 5.88. The average Bonchev–Trinajstić information content (AvgIpc) is 2.28. The fourth-order valence-corrected chi connectivity index (χ4v) is 1.65. The fourth-order valence-electron chi connectivity index (χ4n) is 1.65. The van der Waals surface area contributed by atoms with Gasteiger partial charge in [-0.05, 0) is 25.6 Å². The van der Waals surface area contributed by atoms with Crippen molar-refractivity contribution in [1.29, 1.82) is 0 Å². The Morgan fingerprint density at radius 3 is 2.56 bits per heavy atom. The molecule has 16 heavy (non-hydrogen) atoms. The van der Waals surface area contributed by atoms with E-state index >= 15 is 0 Å². The maximum absolute atomic E-state index is 3.95. The zero-order valence-electron chi connectivity index (χ0n) is 10.4. The van der Waals surface area contributed by atoms with Crippen LogP contribution in [0, 0.1) is 0 Å². The number of benzene rings is 1. The minimum Gasteiger partial charge on any atom is -0.384 e. The summed E-state index contributed by atoms with van der Waals surface area (Å²) < 4.78 is 0. The molecule has 2 nitrogen and oxygen atoms in total. The predicted octanol–water partition coefficient (Wildman–Crippen LogP) is 3.00. The summed E-state index contributed by atoms with van der Waals surface area (Å²) in [5.41, 5.74) is 2.41. The van der Waals surface area contributed by atoms with E-state index in [4.69, 9.17) is 0 Å². The number of anilines is 1. The van der Waals surface area contributed by atoms with Gasteiger partial charge in [-0.1, -0.05) is 37.3 Å². The average molecular weight is 218 g/mol. The number of nitrogens with zero attached hydrogens (tertiary/aromatic N) is 1. The summed E-state index contributed by atoms with van der Waals surface area (Å²) in [6.45, 7) is 12.3. The smallest absolute Gasteiger partial charge is 0.0340 e. The molecule has 0 bridgehead atoms. The Labute approximate surface area is 99.0 Å². The Balaban J connectivity index is 2.26. The molecule has 0 aliphatic heterocycles. The molecule has 0 unspecified atom stereocenters. The summed E-state index contributed by atoms with van der Waals surface area (Å²) in [5.74, 6) is 0. The van der Waals surface area contributed by atoms with Crippen LogP contribution >= 0.6 is 0 Å². The molecule has 1 N–H and O–H groups in total. The van der Waals surface area contributed by atoms with Gasteiger partial charge in [-0.3, -0.25) is 4.90 Å². The van der Waals surface area contributed by atoms with Crippen molar-refractivity contribution in [3.63, 3.8) is 0 Å². The predicted molar refractivity (Wildman–Crippen MR) is 71.9 cm³/mol. The Morgan fingerprint density at radius 2 is 2.00 bits per heavy atom. The fraction of sp³-hybridized carbons (Fsp3) is 0.429. The lowest BCUT2D eigenvalue weighted by molar-refractivity contribution is 0.325. The van der Waals surface area contributed by atoms with Crippen LogP contribution in [-0.2, 0) is 0 Å². The highest BCUT2D eigenvalue weighted by Gasteiger charge is 2.01. The van der Waals surface area contributed by atoms with Crippen LogP contribution < -0.4 is 5.32 Å². The van der Waals surface area contributed by atoms with Gasteiger partial charge in [0.1, 0.15) is 0 Å². The molecule has 0 saturated heterocycles. The van der Waals surface area contributed by atoms with Gasteiger partial charge >= 0.3 is 0 Å². The number of nitrogens with one attached hydrogen (secondary N) is 1. The lowest BCUT2D eigenvalue weighted by Gasteiger charge is -2.20. The van der Waals surface area contributed by atoms with E-state index in [0.717, 1.165) is 26.2 Å². The molecule has 0 aliphatic carbocycles. The summed E-state index contributed by atoms with van der Waals surface area (Å²) in [4.78, 5) is 2.39. The van der Waals surface area contributed by atoms with Gasteiger partial charge in [-0.2, -0.15) is 0 Å². The molecular formula is C14H22N2. The summed E-state index contributed by atoms with van der Waals surface area (Å²) >= 11 is 0. The lowest BCUT2D eigenvalue weighted by atomic mass is 10.3. The second-order valence-electron chi connectivity index (χ2n) is 4.12. The van der Waals surface area contributed by atoms with Crippen molar-refractivity contribution in [2.75, 3.05) is 31.5 Å². The van der Waals surface area contributed by atoms with E-state index in [2.05, 4.69) is 42.8 Å². The number of hydrogen-bond acceptors (Lipinski definition) is 2. The summed E-state index contributed by atoms with van der Waals surface area (Å²) in [7, 11) is 0. The van der Waals surface area contributed by atoms with Gasteiger partial charge in [0.25, 0.3) is 0 Å². The Kier molecular flexibility index (Phi) is 5.65. The van der Waals surface area contributed by atoms with Crippen molar-refractivity contribution in [3.8, 4) is 0 Å². The third-order valence-electron chi connectivity index (χ3n) is 2.47. The van der Waals surface area contributed by atoms with Gasteiger partial charge in [0.05, 0.1) is 0 Å². The molecule has 0 saturated carbocycles. The summed E-state index contributed by atoms with van der Waals surface area (Å²) in [6.07, 6.45) is 0. The first-order chi connectivity index (χ1) is 7.72. The molecule has 0 amide bonds. The molecule has 0 heterocycles. The first kappa shape index (κ1) is 12.8. The Bertz CT molecular complexity index is 306. The molecule has 1 rings (SSSR count). The number of rotatable bonds is 7.